The first-order chi connectivity index (χ1) is 18.2. The third-order valence-electron chi connectivity index (χ3n) is 7.38. The van der Waals surface area contributed by atoms with Crippen LogP contribution in [0, 0.1) is 5.92 Å². The molecule has 0 aromatic heterocycles. The number of hydrogen-bond donors (Lipinski definition) is 2. The van der Waals surface area contributed by atoms with Crippen molar-refractivity contribution in [1.82, 2.24) is 20.4 Å². The van der Waals surface area contributed by atoms with Crippen LogP contribution in [0.3, 0.4) is 0 Å². The smallest absolute Gasteiger partial charge is 0.350 e. The second-order valence-corrected chi connectivity index (χ2v) is 11.2. The van der Waals surface area contributed by atoms with Crippen molar-refractivity contribution in [3.63, 3.8) is 0 Å². The van der Waals surface area contributed by atoms with Crippen molar-refractivity contribution < 1.29 is 22.8 Å². The van der Waals surface area contributed by atoms with Crippen molar-refractivity contribution in [1.29, 1.82) is 0 Å². The minimum Gasteiger partial charge on any atom is -0.350 e. The summed E-state index contributed by atoms with van der Waals surface area (Å²) in [6.07, 6.45) is -0.120. The number of alkyl halides is 3. The number of hydrogen-bond acceptors (Lipinski definition) is 4. The van der Waals surface area contributed by atoms with Crippen molar-refractivity contribution in [2.75, 3.05) is 39.3 Å². The van der Waals surface area contributed by atoms with Crippen LogP contribution in [0.15, 0.2) is 53.0 Å². The molecule has 2 aromatic carbocycles. The van der Waals surface area contributed by atoms with Gasteiger partial charge in [-0.2, -0.15) is 13.2 Å². The van der Waals surface area contributed by atoms with Gasteiger partial charge >= 0.3 is 6.18 Å². The Morgan fingerprint density at radius 2 is 1.68 bits per heavy atom. The lowest BCUT2D eigenvalue weighted by molar-refractivity contribution is -0.137. The van der Waals surface area contributed by atoms with E-state index in [2.05, 4.69) is 60.6 Å². The van der Waals surface area contributed by atoms with Gasteiger partial charge in [-0.15, -0.1) is 0 Å². The van der Waals surface area contributed by atoms with Gasteiger partial charge in [0.05, 0.1) is 12.1 Å². The first-order valence-electron chi connectivity index (χ1n) is 13.1. The molecule has 2 saturated heterocycles. The standard InChI is InChI=1S/C28H34BrF3N4O2/c29-24-6-4-21(5-7-24)18-35-12-8-20(9-13-35)10-14-36-15-11-25(19-36)34-26(37)17-33-27(38)22-2-1-3-23(16-22)28(30,31)32/h1-7,16,20,25H,8-15,17-19H2,(H,33,38)(H,34,37)/t25-/m1/s1. The van der Waals surface area contributed by atoms with Crippen molar-refractivity contribution in [3.8, 4) is 0 Å². The highest BCUT2D eigenvalue weighted by atomic mass is 79.9. The Balaban J connectivity index is 1.11. The Morgan fingerprint density at radius 1 is 0.974 bits per heavy atom. The molecule has 2 N–H and O–H groups in total. The summed E-state index contributed by atoms with van der Waals surface area (Å²) in [5, 5.41) is 5.35. The summed E-state index contributed by atoms with van der Waals surface area (Å²) in [5.74, 6) is -0.326. The van der Waals surface area contributed by atoms with Gasteiger partial charge in [-0.25, -0.2) is 0 Å². The first-order valence-corrected chi connectivity index (χ1v) is 13.9. The molecular weight excluding hydrogens is 561 g/mol. The SMILES string of the molecule is O=C(CNC(=O)c1cccc(C(F)(F)F)c1)N[C@@H]1CCN(CCC2CCN(Cc3ccc(Br)cc3)CC2)C1. The monoisotopic (exact) mass is 594 g/mol. The highest BCUT2D eigenvalue weighted by Crippen LogP contribution is 2.29. The minimum absolute atomic E-state index is 0.0146. The van der Waals surface area contributed by atoms with Crippen LogP contribution in [0.4, 0.5) is 13.2 Å². The van der Waals surface area contributed by atoms with Crippen LogP contribution in [0.1, 0.15) is 47.2 Å². The average Bonchev–Trinajstić information content (AvgIpc) is 3.35. The predicted molar refractivity (Wildman–Crippen MR) is 144 cm³/mol. The van der Waals surface area contributed by atoms with Gasteiger partial charge in [0, 0.05) is 35.7 Å². The van der Waals surface area contributed by atoms with Crippen LogP contribution in [-0.4, -0.2) is 66.9 Å². The van der Waals surface area contributed by atoms with Crippen LogP contribution in [-0.2, 0) is 17.5 Å². The zero-order valence-electron chi connectivity index (χ0n) is 21.3. The fourth-order valence-corrected chi connectivity index (χ4v) is 5.44. The molecule has 4 rings (SSSR count). The first kappa shape index (κ1) is 28.6. The molecule has 0 aliphatic carbocycles. The number of carbonyl (C=O) groups excluding carboxylic acids is 2. The summed E-state index contributed by atoms with van der Waals surface area (Å²) < 4.78 is 39.7. The Labute approximate surface area is 230 Å². The Kier molecular flexibility index (Phi) is 9.84. The predicted octanol–water partition coefficient (Wildman–Crippen LogP) is 4.69. The zero-order valence-corrected chi connectivity index (χ0v) is 22.9. The maximum Gasteiger partial charge on any atom is 0.416 e. The van der Waals surface area contributed by atoms with E-state index in [1.54, 1.807) is 0 Å². The van der Waals surface area contributed by atoms with Crippen LogP contribution >= 0.6 is 15.9 Å². The molecule has 0 unspecified atom stereocenters. The van der Waals surface area contributed by atoms with E-state index in [0.717, 1.165) is 74.6 Å². The number of nitrogens with one attached hydrogen (secondary N) is 2. The molecular formula is C28H34BrF3N4O2. The highest BCUT2D eigenvalue weighted by Gasteiger charge is 2.31. The van der Waals surface area contributed by atoms with Gasteiger partial charge in [0.2, 0.25) is 5.91 Å². The fraction of sp³-hybridized carbons (Fsp3) is 0.500. The Hall–Kier alpha value is -2.43. The number of amides is 2. The molecule has 0 bridgehead atoms. The Morgan fingerprint density at radius 3 is 2.39 bits per heavy atom. The van der Waals surface area contributed by atoms with Gasteiger partial charge in [-0.3, -0.25) is 14.5 Å². The molecule has 0 spiro atoms. The van der Waals surface area contributed by atoms with Gasteiger partial charge in [0.15, 0.2) is 0 Å². The summed E-state index contributed by atoms with van der Waals surface area (Å²) in [7, 11) is 0. The highest BCUT2D eigenvalue weighted by molar-refractivity contribution is 9.10. The molecule has 0 saturated carbocycles. The van der Waals surface area contributed by atoms with E-state index in [-0.39, 0.29) is 24.1 Å². The van der Waals surface area contributed by atoms with Crippen molar-refractivity contribution in [2.45, 2.75) is 44.4 Å². The van der Waals surface area contributed by atoms with Crippen LogP contribution in [0.25, 0.3) is 0 Å². The zero-order chi connectivity index (χ0) is 27.1. The molecule has 2 heterocycles. The lowest BCUT2D eigenvalue weighted by Crippen LogP contribution is -2.43. The van der Waals surface area contributed by atoms with E-state index < -0.39 is 17.6 Å². The van der Waals surface area contributed by atoms with Crippen molar-refractivity contribution in [2.24, 2.45) is 5.92 Å². The molecule has 2 aliphatic rings. The molecule has 10 heteroatoms. The summed E-state index contributed by atoms with van der Waals surface area (Å²) in [5.41, 5.74) is 0.317. The van der Waals surface area contributed by atoms with E-state index in [4.69, 9.17) is 0 Å². The van der Waals surface area contributed by atoms with Crippen molar-refractivity contribution in [3.05, 3.63) is 69.7 Å². The second-order valence-electron chi connectivity index (χ2n) is 10.2. The minimum atomic E-state index is -4.53. The second kappa shape index (κ2) is 13.1. The van der Waals surface area contributed by atoms with Gasteiger partial charge in [-0.1, -0.05) is 34.1 Å². The molecule has 206 valence electrons. The van der Waals surface area contributed by atoms with E-state index >= 15 is 0 Å². The molecule has 2 amide bonds. The van der Waals surface area contributed by atoms with Gasteiger partial charge in [0.25, 0.3) is 5.91 Å². The normalized spacial score (nSPS) is 19.4. The number of nitrogens with zero attached hydrogens (tertiary/aromatic N) is 2. The van der Waals surface area contributed by atoms with Gasteiger partial charge in [-0.05, 0) is 87.1 Å². The molecule has 2 fully saturated rings. The Bertz CT molecular complexity index is 1090. The quantitative estimate of drug-likeness (QED) is 0.442. The van der Waals surface area contributed by atoms with E-state index in [1.165, 1.54) is 30.5 Å². The summed E-state index contributed by atoms with van der Waals surface area (Å²) in [6, 6.07) is 12.7. The topological polar surface area (TPSA) is 64.7 Å². The largest absolute Gasteiger partial charge is 0.416 e. The van der Waals surface area contributed by atoms with Crippen molar-refractivity contribution >= 4 is 27.7 Å². The molecule has 0 radical (unpaired) electrons. The lowest BCUT2D eigenvalue weighted by atomic mass is 9.93. The molecule has 38 heavy (non-hydrogen) atoms. The number of likely N-dealkylation sites (tertiary alicyclic amines) is 2. The van der Waals surface area contributed by atoms with E-state index in [0.29, 0.717) is 0 Å². The third-order valence-corrected chi connectivity index (χ3v) is 7.91. The summed E-state index contributed by atoms with van der Waals surface area (Å²) in [4.78, 5) is 29.4. The maximum atomic E-state index is 12.9. The number of piperidine rings is 1. The maximum absolute atomic E-state index is 12.9. The fourth-order valence-electron chi connectivity index (χ4n) is 5.18. The average molecular weight is 596 g/mol. The van der Waals surface area contributed by atoms with Crippen LogP contribution in [0.5, 0.6) is 0 Å². The number of halogens is 4. The summed E-state index contributed by atoms with van der Waals surface area (Å²) in [6.45, 7) is 5.66. The number of rotatable bonds is 9. The summed E-state index contributed by atoms with van der Waals surface area (Å²) >= 11 is 3.48. The van der Waals surface area contributed by atoms with Crippen LogP contribution in [0.2, 0.25) is 0 Å². The number of benzene rings is 2. The van der Waals surface area contributed by atoms with Gasteiger partial charge < -0.3 is 15.5 Å². The van der Waals surface area contributed by atoms with Crippen LogP contribution < -0.4 is 10.6 Å². The third kappa shape index (κ3) is 8.54. The van der Waals surface area contributed by atoms with Gasteiger partial charge in [0.1, 0.15) is 0 Å². The van der Waals surface area contributed by atoms with E-state index in [9.17, 15) is 22.8 Å². The lowest BCUT2D eigenvalue weighted by Gasteiger charge is -2.32. The molecule has 6 nitrogen and oxygen atoms in total. The van der Waals surface area contributed by atoms with E-state index in [1.807, 2.05) is 0 Å². The molecule has 2 aliphatic heterocycles. The number of carbonyl (C=O) groups is 2. The molecule has 1 atom stereocenters. The molecule has 2 aromatic rings.